The van der Waals surface area contributed by atoms with Crippen LogP contribution in [0.5, 0.6) is 0 Å². The van der Waals surface area contributed by atoms with Crippen molar-refractivity contribution in [2.75, 3.05) is 13.2 Å². The van der Waals surface area contributed by atoms with E-state index in [1.807, 2.05) is 30.3 Å². The quantitative estimate of drug-likeness (QED) is 0.331. The van der Waals surface area contributed by atoms with Crippen LogP contribution < -0.4 is 10.6 Å². The second-order valence-electron chi connectivity index (χ2n) is 5.08. The van der Waals surface area contributed by atoms with Crippen molar-refractivity contribution in [3.05, 3.63) is 47.7 Å². The summed E-state index contributed by atoms with van der Waals surface area (Å²) in [5.74, 6) is -2.05. The molecule has 0 aromatic heterocycles. The molecule has 25 heavy (non-hydrogen) atoms. The normalized spacial score (nSPS) is 11.7. The van der Waals surface area contributed by atoms with E-state index >= 15 is 0 Å². The summed E-state index contributed by atoms with van der Waals surface area (Å²) in [6.45, 7) is 3.27. The summed E-state index contributed by atoms with van der Waals surface area (Å²) in [6, 6.07) is 8.33. The fourth-order valence-electron chi connectivity index (χ4n) is 1.99. The van der Waals surface area contributed by atoms with Crippen LogP contribution in [0.3, 0.4) is 0 Å². The van der Waals surface area contributed by atoms with Gasteiger partial charge < -0.3 is 20.5 Å². The van der Waals surface area contributed by atoms with Crippen LogP contribution in [-0.4, -0.2) is 71.7 Å². The van der Waals surface area contributed by atoms with Crippen LogP contribution >= 0.6 is 0 Å². The number of rotatable bonds is 9. The Morgan fingerprint density at radius 1 is 1.24 bits per heavy atom. The number of carboxylic acids is 1. The molecular formula is C17H23N2NaO5. The van der Waals surface area contributed by atoms with Gasteiger partial charge in [-0.05, 0) is 19.4 Å². The summed E-state index contributed by atoms with van der Waals surface area (Å²) < 4.78 is 4.69. The van der Waals surface area contributed by atoms with Crippen molar-refractivity contribution in [3.63, 3.8) is 0 Å². The third-order valence-electron chi connectivity index (χ3n) is 3.04. The van der Waals surface area contributed by atoms with Gasteiger partial charge in [0.15, 0.2) is 0 Å². The first-order valence-corrected chi connectivity index (χ1v) is 7.57. The van der Waals surface area contributed by atoms with Gasteiger partial charge in [0, 0.05) is 18.2 Å². The van der Waals surface area contributed by atoms with Crippen molar-refractivity contribution in [2.45, 2.75) is 26.3 Å². The molecule has 8 heteroatoms. The zero-order valence-corrected chi connectivity index (χ0v) is 13.7. The van der Waals surface area contributed by atoms with Gasteiger partial charge in [-0.15, -0.1) is 0 Å². The minimum atomic E-state index is -1.02. The summed E-state index contributed by atoms with van der Waals surface area (Å²) >= 11 is 0. The van der Waals surface area contributed by atoms with E-state index in [1.54, 1.807) is 13.8 Å². The van der Waals surface area contributed by atoms with E-state index in [2.05, 4.69) is 10.6 Å². The van der Waals surface area contributed by atoms with Crippen molar-refractivity contribution < 1.29 is 24.2 Å². The molecule has 0 bridgehead atoms. The van der Waals surface area contributed by atoms with Crippen molar-refractivity contribution in [1.82, 2.24) is 10.6 Å². The van der Waals surface area contributed by atoms with Crippen LogP contribution in [0, 0.1) is 0 Å². The first kappa shape index (κ1) is 23.2. The third kappa shape index (κ3) is 9.91. The monoisotopic (exact) mass is 358 g/mol. The van der Waals surface area contributed by atoms with Gasteiger partial charge in [-0.3, -0.25) is 9.59 Å². The average molecular weight is 358 g/mol. The Bertz CT molecular complexity index is 604. The first-order chi connectivity index (χ1) is 11.4. The standard InChI is InChI=1S/C17H22N2O5.Na.H/c1-3-24-16(21)11-18-15(20)9-12(2)19-14(17(22)23)10-13-7-5-4-6-8-13;;/h4-9,14,19H,3,10-11H2,1-2H3,(H,18,20)(H,22,23);;/t14-;;/m0../s1. The molecule has 0 saturated heterocycles. The van der Waals surface area contributed by atoms with Crippen LogP contribution in [0.4, 0.5) is 0 Å². The van der Waals surface area contributed by atoms with Crippen molar-refractivity contribution in [2.24, 2.45) is 0 Å². The van der Waals surface area contributed by atoms with Gasteiger partial charge in [-0.25, -0.2) is 4.79 Å². The number of aliphatic carboxylic acids is 1. The molecule has 0 saturated carbocycles. The van der Waals surface area contributed by atoms with E-state index in [9.17, 15) is 19.5 Å². The Balaban J connectivity index is 0.00000576. The maximum absolute atomic E-state index is 11.7. The van der Waals surface area contributed by atoms with E-state index in [0.29, 0.717) is 5.70 Å². The van der Waals surface area contributed by atoms with Gasteiger partial charge in [0.1, 0.15) is 12.6 Å². The maximum atomic E-state index is 11.7. The Kier molecular flexibility index (Phi) is 11.6. The summed E-state index contributed by atoms with van der Waals surface area (Å²) in [4.78, 5) is 34.2. The van der Waals surface area contributed by atoms with E-state index in [0.717, 1.165) is 5.56 Å². The predicted molar refractivity (Wildman–Crippen MR) is 95.3 cm³/mol. The Hall–Kier alpha value is -1.83. The number of benzene rings is 1. The Labute approximate surface area is 169 Å². The third-order valence-corrected chi connectivity index (χ3v) is 3.04. The molecule has 0 aliphatic carbocycles. The van der Waals surface area contributed by atoms with Gasteiger partial charge in [0.05, 0.1) is 6.61 Å². The van der Waals surface area contributed by atoms with Gasteiger partial charge in [0.2, 0.25) is 5.91 Å². The number of nitrogens with one attached hydrogen (secondary N) is 2. The predicted octanol–water partition coefficient (Wildman–Crippen LogP) is 0.207. The molecule has 1 atom stereocenters. The molecule has 1 aromatic rings. The second-order valence-corrected chi connectivity index (χ2v) is 5.08. The number of amides is 1. The molecule has 1 aromatic carbocycles. The number of esters is 1. The van der Waals surface area contributed by atoms with Crippen molar-refractivity contribution in [1.29, 1.82) is 0 Å². The second kappa shape index (κ2) is 12.5. The molecule has 0 aliphatic heterocycles. The van der Waals surface area contributed by atoms with Crippen molar-refractivity contribution in [3.8, 4) is 0 Å². The zero-order chi connectivity index (χ0) is 17.9. The molecule has 0 radical (unpaired) electrons. The number of hydrogen-bond acceptors (Lipinski definition) is 5. The van der Waals surface area contributed by atoms with E-state index in [-0.39, 0.29) is 49.1 Å². The number of carboxylic acid groups (broad SMARTS) is 1. The molecule has 3 N–H and O–H groups in total. The summed E-state index contributed by atoms with van der Waals surface area (Å²) in [5, 5.41) is 14.5. The molecular weight excluding hydrogens is 335 g/mol. The van der Waals surface area contributed by atoms with Crippen LogP contribution in [0.1, 0.15) is 19.4 Å². The molecule has 0 spiro atoms. The SMILES string of the molecule is CCOC(=O)CNC(=O)C=C(C)N[C@@H](Cc1ccccc1)C(=O)O.[NaH]. The molecule has 132 valence electrons. The molecule has 0 fully saturated rings. The van der Waals surface area contributed by atoms with E-state index in [4.69, 9.17) is 4.74 Å². The topological polar surface area (TPSA) is 105 Å². The molecule has 0 unspecified atom stereocenters. The van der Waals surface area contributed by atoms with Crippen LogP contribution in [0.25, 0.3) is 0 Å². The number of ether oxygens (including phenoxy) is 1. The Morgan fingerprint density at radius 2 is 1.88 bits per heavy atom. The Morgan fingerprint density at radius 3 is 2.44 bits per heavy atom. The number of carbonyl (C=O) groups excluding carboxylic acids is 2. The van der Waals surface area contributed by atoms with Crippen LogP contribution in [-0.2, 0) is 25.5 Å². The van der Waals surface area contributed by atoms with Crippen molar-refractivity contribution >= 4 is 47.4 Å². The van der Waals surface area contributed by atoms with Crippen LogP contribution in [0.2, 0.25) is 0 Å². The number of carbonyl (C=O) groups is 3. The number of hydrogen-bond donors (Lipinski definition) is 3. The molecule has 0 aliphatic rings. The fourth-order valence-corrected chi connectivity index (χ4v) is 1.99. The summed E-state index contributed by atoms with van der Waals surface area (Å²) in [7, 11) is 0. The summed E-state index contributed by atoms with van der Waals surface area (Å²) in [5.41, 5.74) is 1.26. The molecule has 1 rings (SSSR count). The van der Waals surface area contributed by atoms with E-state index in [1.165, 1.54) is 6.08 Å². The molecule has 7 nitrogen and oxygen atoms in total. The van der Waals surface area contributed by atoms with Gasteiger partial charge >= 0.3 is 41.5 Å². The van der Waals surface area contributed by atoms with Gasteiger partial charge in [0.25, 0.3) is 0 Å². The fraction of sp³-hybridized carbons (Fsp3) is 0.353. The minimum absolute atomic E-state index is 0. The zero-order valence-electron chi connectivity index (χ0n) is 13.7. The average Bonchev–Trinajstić information content (AvgIpc) is 2.53. The molecule has 1 amide bonds. The van der Waals surface area contributed by atoms with Crippen LogP contribution in [0.15, 0.2) is 42.1 Å². The van der Waals surface area contributed by atoms with Gasteiger partial charge in [-0.1, -0.05) is 30.3 Å². The number of allylic oxidation sites excluding steroid dienone is 1. The summed E-state index contributed by atoms with van der Waals surface area (Å²) in [6.07, 6.45) is 1.49. The first-order valence-electron chi connectivity index (χ1n) is 7.57. The molecule has 0 heterocycles. The van der Waals surface area contributed by atoms with E-state index < -0.39 is 23.9 Å². The van der Waals surface area contributed by atoms with Gasteiger partial charge in [-0.2, -0.15) is 0 Å².